The van der Waals surface area contributed by atoms with Crippen molar-refractivity contribution >= 4 is 19.8 Å². The summed E-state index contributed by atoms with van der Waals surface area (Å²) in [5.41, 5.74) is 0. The summed E-state index contributed by atoms with van der Waals surface area (Å²) in [7, 11) is 1.12. The lowest BCUT2D eigenvalue weighted by atomic mass is 10.1. The molecular formula is C70H112NO8P. The fourth-order valence-corrected chi connectivity index (χ4v) is 8.28. The molecule has 0 aliphatic heterocycles. The first-order valence-corrected chi connectivity index (χ1v) is 32.3. The van der Waals surface area contributed by atoms with E-state index in [-0.39, 0.29) is 26.1 Å². The molecule has 2 atom stereocenters. The van der Waals surface area contributed by atoms with Crippen molar-refractivity contribution in [3.05, 3.63) is 170 Å². The second-order valence-corrected chi connectivity index (χ2v) is 22.4. The molecule has 80 heavy (non-hydrogen) atoms. The largest absolute Gasteiger partial charge is 0.756 e. The predicted octanol–water partition coefficient (Wildman–Crippen LogP) is 19.2. The summed E-state index contributed by atoms with van der Waals surface area (Å²) in [5, 5.41) is 0. The van der Waals surface area contributed by atoms with Gasteiger partial charge in [-0.3, -0.25) is 14.2 Å². The van der Waals surface area contributed by atoms with Crippen molar-refractivity contribution in [1.82, 2.24) is 0 Å². The van der Waals surface area contributed by atoms with E-state index in [1.54, 1.807) is 0 Å². The molecule has 0 rings (SSSR count). The molecule has 0 aromatic carbocycles. The van der Waals surface area contributed by atoms with Crippen LogP contribution in [0.2, 0.25) is 0 Å². The van der Waals surface area contributed by atoms with Crippen LogP contribution < -0.4 is 4.89 Å². The van der Waals surface area contributed by atoms with Crippen LogP contribution in [0.3, 0.4) is 0 Å². The fourth-order valence-electron chi connectivity index (χ4n) is 7.56. The first kappa shape index (κ1) is 75.4. The van der Waals surface area contributed by atoms with Gasteiger partial charge < -0.3 is 27.9 Å². The van der Waals surface area contributed by atoms with Crippen LogP contribution in [0.4, 0.5) is 0 Å². The summed E-state index contributed by atoms with van der Waals surface area (Å²) in [5.74, 6) is -0.883. The number of unbranched alkanes of at least 4 members (excludes halogenated alkanes) is 12. The Bertz CT molecular complexity index is 1950. The zero-order valence-electron chi connectivity index (χ0n) is 50.9. The van der Waals surface area contributed by atoms with Gasteiger partial charge in [0.15, 0.2) is 6.10 Å². The molecule has 0 saturated heterocycles. The molecule has 0 heterocycles. The van der Waals surface area contributed by atoms with Crippen molar-refractivity contribution in [2.24, 2.45) is 0 Å². The topological polar surface area (TPSA) is 111 Å². The van der Waals surface area contributed by atoms with Gasteiger partial charge in [0, 0.05) is 12.8 Å². The van der Waals surface area contributed by atoms with Crippen LogP contribution in [0.25, 0.3) is 0 Å². The molecule has 9 nitrogen and oxygen atoms in total. The first-order valence-electron chi connectivity index (χ1n) is 30.8. The van der Waals surface area contributed by atoms with E-state index in [4.69, 9.17) is 18.5 Å². The number of ether oxygens (including phenoxy) is 2. The van der Waals surface area contributed by atoms with E-state index in [9.17, 15) is 19.0 Å². The maximum absolute atomic E-state index is 12.8. The van der Waals surface area contributed by atoms with Crippen molar-refractivity contribution in [2.75, 3.05) is 47.5 Å². The van der Waals surface area contributed by atoms with Crippen LogP contribution in [0, 0.1) is 0 Å². The van der Waals surface area contributed by atoms with Crippen molar-refractivity contribution in [1.29, 1.82) is 0 Å². The summed E-state index contributed by atoms with van der Waals surface area (Å²) >= 11 is 0. The van der Waals surface area contributed by atoms with Crippen LogP contribution >= 0.6 is 7.82 Å². The highest BCUT2D eigenvalue weighted by atomic mass is 31.2. The molecule has 0 fully saturated rings. The Hall–Kier alpha value is -4.63. The number of carbonyl (C=O) groups excluding carboxylic acids is 2. The quantitative estimate of drug-likeness (QED) is 0.0195. The van der Waals surface area contributed by atoms with Crippen molar-refractivity contribution in [3.63, 3.8) is 0 Å². The number of hydrogen-bond donors (Lipinski definition) is 0. The van der Waals surface area contributed by atoms with Gasteiger partial charge in [0.2, 0.25) is 0 Å². The average molecular weight is 1130 g/mol. The van der Waals surface area contributed by atoms with Gasteiger partial charge in [-0.1, -0.05) is 235 Å². The Labute approximate surface area is 489 Å². The molecular weight excluding hydrogens is 1010 g/mol. The van der Waals surface area contributed by atoms with E-state index in [0.717, 1.165) is 148 Å². The molecule has 0 aliphatic rings. The highest BCUT2D eigenvalue weighted by molar-refractivity contribution is 7.45. The van der Waals surface area contributed by atoms with Gasteiger partial charge in [-0.2, -0.15) is 0 Å². The van der Waals surface area contributed by atoms with Gasteiger partial charge in [0.1, 0.15) is 19.8 Å². The number of quaternary nitrogens is 1. The molecule has 0 spiro atoms. The third kappa shape index (κ3) is 62.6. The molecule has 0 aromatic heterocycles. The Morgan fingerprint density at radius 1 is 0.388 bits per heavy atom. The summed E-state index contributed by atoms with van der Waals surface area (Å²) < 4.78 is 34.2. The van der Waals surface area contributed by atoms with E-state index in [2.05, 4.69) is 184 Å². The molecule has 0 radical (unpaired) electrons. The monoisotopic (exact) mass is 1130 g/mol. The molecule has 0 aromatic rings. The minimum Gasteiger partial charge on any atom is -0.756 e. The number of allylic oxidation sites excluding steroid dienone is 28. The highest BCUT2D eigenvalue weighted by Crippen LogP contribution is 2.38. The molecule has 450 valence electrons. The molecule has 0 amide bonds. The first-order chi connectivity index (χ1) is 39.0. The van der Waals surface area contributed by atoms with Crippen LogP contribution in [0.15, 0.2) is 170 Å². The molecule has 10 heteroatoms. The summed E-state index contributed by atoms with van der Waals surface area (Å²) in [6.07, 6.45) is 89.7. The molecule has 0 bridgehead atoms. The zero-order chi connectivity index (χ0) is 58.4. The minimum absolute atomic E-state index is 0.0474. The fraction of sp³-hybridized carbons (Fsp3) is 0.571. The van der Waals surface area contributed by atoms with E-state index in [1.165, 1.54) is 19.3 Å². The Morgan fingerprint density at radius 3 is 1.00 bits per heavy atom. The standard InChI is InChI=1S/C70H112NO8P/c1-6-8-10-12-14-16-18-20-22-24-26-28-30-31-32-33-34-35-36-37-38-39-41-43-45-47-49-51-53-55-57-59-61-63-70(73)79-68(67-78-80(74,75)77-65-64-71(3,4)5)66-76-69(72)62-60-58-56-54-52-50-48-46-44-42-40-29-27-25-23-21-19-17-15-13-11-9-7-2/h8-11,14-17,20-23,26-29,31-32,34-35,37-38,41-44,47,49,68H,6-7,12-13,18-19,24-25,30,33,36,39-40,45-46,48,50-67H2,1-5H3/b10-8-,11-9-,16-14-,17-15-,22-20-,23-21-,28-26-,29-27-,32-31-,35-34-,38-37-,43-41-,44-42-,49-47-. The molecule has 0 aliphatic carbocycles. The number of hydrogen-bond acceptors (Lipinski definition) is 8. The van der Waals surface area contributed by atoms with Crippen LogP contribution in [0.5, 0.6) is 0 Å². The van der Waals surface area contributed by atoms with Gasteiger partial charge in [-0.05, 0) is 128 Å². The average Bonchev–Trinajstić information content (AvgIpc) is 3.42. The number of rotatable bonds is 54. The van der Waals surface area contributed by atoms with Gasteiger partial charge in [0.25, 0.3) is 7.82 Å². The van der Waals surface area contributed by atoms with E-state index in [1.807, 2.05) is 21.1 Å². The number of carbonyl (C=O) groups is 2. The highest BCUT2D eigenvalue weighted by Gasteiger charge is 2.21. The van der Waals surface area contributed by atoms with Crippen molar-refractivity contribution in [2.45, 2.75) is 213 Å². The Kier molecular flexibility index (Phi) is 55.6. The Balaban J connectivity index is 4.27. The van der Waals surface area contributed by atoms with Gasteiger partial charge in [-0.25, -0.2) is 0 Å². The lowest BCUT2D eigenvalue weighted by molar-refractivity contribution is -0.870. The summed E-state index contributed by atoms with van der Waals surface area (Å²) in [6, 6.07) is 0. The SMILES string of the molecule is CC/C=C\C/C=C\C/C=C\C/C=C\C/C=C\C/C=C\C/C=C\C/C=C\C/C=C\CCCCCCCC(=O)OC(COC(=O)CCCCCCCCC/C=C\C/C=C\C/C=C\C/C=C\C/C=C\CC)COP(=O)([O-])OCC[N+](C)(C)C. The van der Waals surface area contributed by atoms with E-state index < -0.39 is 32.5 Å². The molecule has 0 saturated carbocycles. The number of esters is 2. The number of nitrogens with zero attached hydrogens (tertiary/aromatic N) is 1. The second kappa shape index (κ2) is 59.0. The third-order valence-electron chi connectivity index (χ3n) is 12.2. The molecule has 2 unspecified atom stereocenters. The smallest absolute Gasteiger partial charge is 0.306 e. The van der Waals surface area contributed by atoms with E-state index in [0.29, 0.717) is 23.9 Å². The lowest BCUT2D eigenvalue weighted by Crippen LogP contribution is -2.37. The van der Waals surface area contributed by atoms with Gasteiger partial charge in [0.05, 0.1) is 27.7 Å². The van der Waals surface area contributed by atoms with Crippen LogP contribution in [-0.2, 0) is 32.7 Å². The maximum atomic E-state index is 12.8. The number of phosphoric ester groups is 1. The van der Waals surface area contributed by atoms with Gasteiger partial charge >= 0.3 is 11.9 Å². The molecule has 0 N–H and O–H groups in total. The van der Waals surface area contributed by atoms with Crippen molar-refractivity contribution < 1.29 is 42.1 Å². The third-order valence-corrected chi connectivity index (χ3v) is 13.2. The van der Waals surface area contributed by atoms with Crippen LogP contribution in [0.1, 0.15) is 206 Å². The maximum Gasteiger partial charge on any atom is 0.306 e. The predicted molar refractivity (Wildman–Crippen MR) is 341 cm³/mol. The zero-order valence-corrected chi connectivity index (χ0v) is 51.8. The lowest BCUT2D eigenvalue weighted by Gasteiger charge is -2.28. The number of likely N-dealkylation sites (N-methyl/N-ethyl adjacent to an activating group) is 1. The van der Waals surface area contributed by atoms with Crippen LogP contribution in [-0.4, -0.2) is 70.0 Å². The summed E-state index contributed by atoms with van der Waals surface area (Å²) in [6.45, 7) is 3.95. The Morgan fingerprint density at radius 2 is 0.675 bits per heavy atom. The second-order valence-electron chi connectivity index (χ2n) is 20.9. The summed E-state index contributed by atoms with van der Waals surface area (Å²) in [4.78, 5) is 37.9. The van der Waals surface area contributed by atoms with E-state index >= 15 is 0 Å². The van der Waals surface area contributed by atoms with Gasteiger partial charge in [-0.15, -0.1) is 0 Å². The normalized spacial score (nSPS) is 14.4. The minimum atomic E-state index is -4.66. The number of phosphoric acid groups is 1. The van der Waals surface area contributed by atoms with Crippen molar-refractivity contribution in [3.8, 4) is 0 Å².